The molecule has 0 atom stereocenters. The number of nitrogens with one attached hydrogen (secondary N) is 1. The molecule has 0 unspecified atom stereocenters. The van der Waals surface area contributed by atoms with Crippen LogP contribution in [0.2, 0.25) is 0 Å². The summed E-state index contributed by atoms with van der Waals surface area (Å²) in [6.45, 7) is 0. The van der Waals surface area contributed by atoms with E-state index in [4.69, 9.17) is 18.9 Å². The van der Waals surface area contributed by atoms with Crippen molar-refractivity contribution < 1.29 is 27.4 Å². The van der Waals surface area contributed by atoms with Crippen LogP contribution < -0.4 is 23.7 Å². The number of fused-ring (bicyclic) bond motifs is 1. The van der Waals surface area contributed by atoms with Crippen LogP contribution in [-0.4, -0.2) is 41.8 Å². The summed E-state index contributed by atoms with van der Waals surface area (Å²) in [5.41, 5.74) is 1.76. The topological polar surface area (TPSA) is 96.0 Å². The second kappa shape index (κ2) is 10.3. The smallest absolute Gasteiger partial charge is 0.271 e. The van der Waals surface area contributed by atoms with Gasteiger partial charge in [0.2, 0.25) is 0 Å². The maximum Gasteiger partial charge on any atom is 0.271 e. The third kappa shape index (κ3) is 5.16. The summed E-state index contributed by atoms with van der Waals surface area (Å²) in [6.07, 6.45) is 2.02. The van der Waals surface area contributed by atoms with Crippen LogP contribution in [0.1, 0.15) is 11.3 Å². The quantitative estimate of drug-likeness (QED) is 0.280. The molecule has 2 aromatic carbocycles. The maximum absolute atomic E-state index is 13.1. The van der Waals surface area contributed by atoms with Crippen LogP contribution in [0.5, 0.6) is 23.0 Å². The number of aromatic nitrogens is 1. The summed E-state index contributed by atoms with van der Waals surface area (Å²) >= 11 is 4.44. The number of pyridine rings is 1. The molecule has 0 spiro atoms. The molecule has 11 heteroatoms. The highest BCUT2D eigenvalue weighted by Gasteiger charge is 2.21. The Bertz CT molecular complexity index is 1490. The van der Waals surface area contributed by atoms with E-state index in [1.165, 1.54) is 14.2 Å². The fourth-order valence-electron chi connectivity index (χ4n) is 3.68. The van der Waals surface area contributed by atoms with Crippen molar-refractivity contribution in [2.24, 2.45) is 0 Å². The van der Waals surface area contributed by atoms with Crippen LogP contribution in [0.3, 0.4) is 0 Å². The zero-order valence-corrected chi connectivity index (χ0v) is 22.6. The first kappa shape index (κ1) is 25.1. The monoisotopic (exact) mass is 578 g/mol. The summed E-state index contributed by atoms with van der Waals surface area (Å²) < 4.78 is 51.6. The van der Waals surface area contributed by atoms with Crippen molar-refractivity contribution in [1.82, 2.24) is 4.98 Å². The molecular weight excluding hydrogens is 556 g/mol. The van der Waals surface area contributed by atoms with Gasteiger partial charge in [0, 0.05) is 24.1 Å². The molecule has 0 amide bonds. The second-order valence-electron chi connectivity index (χ2n) is 7.39. The summed E-state index contributed by atoms with van der Waals surface area (Å²) in [6, 6.07) is 12.2. The molecule has 0 fully saturated rings. The number of sulfonamides is 1. The highest BCUT2D eigenvalue weighted by molar-refractivity contribution is 9.11. The number of methoxy groups -OCH3 is 4. The number of hydrogen-bond donors (Lipinski definition) is 1. The summed E-state index contributed by atoms with van der Waals surface area (Å²) in [5, 5.41) is 1.77. The number of hydrogen-bond acceptors (Lipinski definition) is 8. The van der Waals surface area contributed by atoms with Crippen molar-refractivity contribution >= 4 is 53.7 Å². The zero-order valence-electron chi connectivity index (χ0n) is 19.4. The van der Waals surface area contributed by atoms with Gasteiger partial charge in [-0.05, 0) is 63.3 Å². The van der Waals surface area contributed by atoms with E-state index in [0.29, 0.717) is 40.7 Å². The molecule has 0 aliphatic heterocycles. The van der Waals surface area contributed by atoms with Gasteiger partial charge in [-0.25, -0.2) is 8.42 Å². The highest BCUT2D eigenvalue weighted by Crippen LogP contribution is 2.38. The van der Waals surface area contributed by atoms with Gasteiger partial charge < -0.3 is 18.9 Å². The SMILES string of the molecule is COc1cc(Cc2nccc3cc(OC)c(OC)cc23)c(NS(=O)(=O)c2ccc(Br)s2)cc1OC. The first-order chi connectivity index (χ1) is 16.8. The lowest BCUT2D eigenvalue weighted by atomic mass is 10.0. The van der Waals surface area contributed by atoms with E-state index in [2.05, 4.69) is 25.6 Å². The Balaban J connectivity index is 1.83. The Morgan fingerprint density at radius 3 is 2.14 bits per heavy atom. The van der Waals surface area contributed by atoms with Crippen LogP contribution in [0.25, 0.3) is 10.8 Å². The van der Waals surface area contributed by atoms with Crippen molar-refractivity contribution in [3.05, 3.63) is 63.7 Å². The standard InChI is InChI=1S/C24H23BrN2O6S2/c1-30-19-10-14-7-8-26-18(16(14)12-21(19)32-3)9-15-11-20(31-2)22(33-4)13-17(15)27-35(28,29)24-6-5-23(25)34-24/h5-8,10-13,27H,9H2,1-4H3. The molecule has 1 N–H and O–H groups in total. The third-order valence-corrected chi connectivity index (χ3v) is 8.86. The third-order valence-electron chi connectivity index (χ3n) is 5.38. The van der Waals surface area contributed by atoms with Gasteiger partial charge in [0.05, 0.1) is 43.6 Å². The first-order valence-corrected chi connectivity index (χ1v) is 13.4. The molecule has 0 radical (unpaired) electrons. The Morgan fingerprint density at radius 1 is 0.886 bits per heavy atom. The minimum Gasteiger partial charge on any atom is -0.493 e. The normalized spacial score (nSPS) is 11.3. The fourth-order valence-corrected chi connectivity index (χ4v) is 6.78. The number of ether oxygens (including phenoxy) is 4. The lowest BCUT2D eigenvalue weighted by Crippen LogP contribution is -2.13. The van der Waals surface area contributed by atoms with Crippen LogP contribution >= 0.6 is 27.3 Å². The molecule has 0 saturated heterocycles. The molecule has 0 aliphatic rings. The van der Waals surface area contributed by atoms with Gasteiger partial charge >= 0.3 is 0 Å². The lowest BCUT2D eigenvalue weighted by molar-refractivity contribution is 0.355. The Kier molecular flexibility index (Phi) is 7.39. The largest absolute Gasteiger partial charge is 0.493 e. The molecule has 2 aromatic heterocycles. The van der Waals surface area contributed by atoms with E-state index in [1.807, 2.05) is 18.2 Å². The van der Waals surface area contributed by atoms with E-state index in [9.17, 15) is 8.42 Å². The zero-order chi connectivity index (χ0) is 25.2. The van der Waals surface area contributed by atoms with Crippen LogP contribution in [0, 0.1) is 0 Å². The lowest BCUT2D eigenvalue weighted by Gasteiger charge is -2.17. The van der Waals surface area contributed by atoms with Gasteiger partial charge in [0.15, 0.2) is 23.0 Å². The van der Waals surface area contributed by atoms with Gasteiger partial charge in [0.25, 0.3) is 10.0 Å². The average molecular weight is 579 g/mol. The maximum atomic E-state index is 13.1. The van der Waals surface area contributed by atoms with Crippen LogP contribution in [0.15, 0.2) is 56.7 Å². The van der Waals surface area contributed by atoms with E-state index in [-0.39, 0.29) is 4.21 Å². The first-order valence-electron chi connectivity index (χ1n) is 10.3. The summed E-state index contributed by atoms with van der Waals surface area (Å²) in [7, 11) is 2.36. The molecule has 0 bridgehead atoms. The van der Waals surface area contributed by atoms with Crippen LogP contribution in [-0.2, 0) is 16.4 Å². The highest BCUT2D eigenvalue weighted by atomic mass is 79.9. The molecule has 35 heavy (non-hydrogen) atoms. The second-order valence-corrected chi connectivity index (χ2v) is 11.8. The van der Waals surface area contributed by atoms with Gasteiger partial charge in [-0.15, -0.1) is 11.3 Å². The van der Waals surface area contributed by atoms with Gasteiger partial charge in [-0.3, -0.25) is 9.71 Å². The molecule has 8 nitrogen and oxygen atoms in total. The van der Waals surface area contributed by atoms with Crippen LogP contribution in [0.4, 0.5) is 5.69 Å². The Morgan fingerprint density at radius 2 is 1.51 bits per heavy atom. The molecular formula is C24H23BrN2O6S2. The predicted molar refractivity (Wildman–Crippen MR) is 140 cm³/mol. The predicted octanol–water partition coefficient (Wildman–Crippen LogP) is 5.48. The summed E-state index contributed by atoms with van der Waals surface area (Å²) in [4.78, 5) is 4.58. The average Bonchev–Trinajstić information content (AvgIpc) is 3.31. The minimum atomic E-state index is -3.83. The van der Waals surface area contributed by atoms with Gasteiger partial charge in [0.1, 0.15) is 4.21 Å². The summed E-state index contributed by atoms with van der Waals surface area (Å²) in [5.74, 6) is 2.06. The molecule has 4 rings (SSSR count). The van der Waals surface area contributed by atoms with Crippen molar-refractivity contribution in [2.45, 2.75) is 10.6 Å². The van der Waals surface area contributed by atoms with Gasteiger partial charge in [-0.2, -0.15) is 0 Å². The van der Waals surface area contributed by atoms with E-state index >= 15 is 0 Å². The Hall–Kier alpha value is -3.02. The fraction of sp³-hybridized carbons (Fsp3) is 0.208. The van der Waals surface area contributed by atoms with E-state index in [1.54, 1.807) is 44.7 Å². The van der Waals surface area contributed by atoms with E-state index in [0.717, 1.165) is 31.6 Å². The van der Waals surface area contributed by atoms with Crippen molar-refractivity contribution in [3.8, 4) is 23.0 Å². The van der Waals surface area contributed by atoms with Gasteiger partial charge in [-0.1, -0.05) is 0 Å². The molecule has 184 valence electrons. The molecule has 2 heterocycles. The molecule has 4 aromatic rings. The molecule has 0 saturated carbocycles. The number of benzene rings is 2. The molecule has 0 aliphatic carbocycles. The Labute approximate surface area is 216 Å². The number of halogens is 1. The minimum absolute atomic E-state index is 0.185. The van der Waals surface area contributed by atoms with Crippen molar-refractivity contribution in [2.75, 3.05) is 33.2 Å². The number of rotatable bonds is 9. The van der Waals surface area contributed by atoms with E-state index < -0.39 is 10.0 Å². The number of thiophene rings is 1. The van der Waals surface area contributed by atoms with Crippen molar-refractivity contribution in [3.63, 3.8) is 0 Å². The number of anilines is 1. The number of nitrogens with zero attached hydrogens (tertiary/aromatic N) is 1. The van der Waals surface area contributed by atoms with Crippen molar-refractivity contribution in [1.29, 1.82) is 0 Å².